The second-order valence-electron chi connectivity index (χ2n) is 5.91. The van der Waals surface area contributed by atoms with Crippen LogP contribution in [0.15, 0.2) is 69.5 Å². The Bertz CT molecular complexity index is 1120. The zero-order valence-electron chi connectivity index (χ0n) is 14.1. The van der Waals surface area contributed by atoms with E-state index in [-0.39, 0.29) is 12.3 Å². The molecule has 0 atom stereocenters. The third-order valence-corrected chi connectivity index (χ3v) is 4.32. The van der Waals surface area contributed by atoms with Gasteiger partial charge < -0.3 is 13.9 Å². The Hall–Kier alpha value is -3.31. The summed E-state index contributed by atoms with van der Waals surface area (Å²) in [4.78, 5) is 15.7. The Labute approximate surface area is 159 Å². The molecular weight excluding hydrogens is 366 g/mol. The molecule has 0 bridgehead atoms. The number of carboxylic acid groups (broad SMARTS) is 1. The predicted molar refractivity (Wildman–Crippen MR) is 103 cm³/mol. The summed E-state index contributed by atoms with van der Waals surface area (Å²) in [5, 5.41) is 9.84. The van der Waals surface area contributed by atoms with Gasteiger partial charge in [-0.3, -0.25) is 4.79 Å². The maximum atomic E-state index is 11.3. The number of benzene rings is 2. The molecule has 0 aliphatic rings. The fourth-order valence-corrected chi connectivity index (χ4v) is 3.00. The van der Waals surface area contributed by atoms with Gasteiger partial charge in [0.15, 0.2) is 5.58 Å². The summed E-state index contributed by atoms with van der Waals surface area (Å²) < 4.78 is 11.5. The molecule has 4 aromatic rings. The highest BCUT2D eigenvalue weighted by Gasteiger charge is 2.16. The number of para-hydroxylation sites is 2. The van der Waals surface area contributed by atoms with E-state index in [9.17, 15) is 9.90 Å². The van der Waals surface area contributed by atoms with E-state index in [1.165, 1.54) is 0 Å². The van der Waals surface area contributed by atoms with Crippen LogP contribution in [0.2, 0.25) is 5.02 Å². The normalized spacial score (nSPS) is 11.8. The van der Waals surface area contributed by atoms with Crippen LogP contribution in [0.3, 0.4) is 0 Å². The molecule has 0 saturated heterocycles. The molecule has 27 heavy (non-hydrogen) atoms. The fourth-order valence-electron chi connectivity index (χ4n) is 2.77. The van der Waals surface area contributed by atoms with Gasteiger partial charge in [-0.1, -0.05) is 35.9 Å². The Morgan fingerprint density at radius 1 is 1.04 bits per heavy atom. The molecule has 2 aromatic carbocycles. The molecule has 0 amide bonds. The van der Waals surface area contributed by atoms with Crippen molar-refractivity contribution in [2.45, 2.75) is 6.42 Å². The Morgan fingerprint density at radius 2 is 1.81 bits per heavy atom. The van der Waals surface area contributed by atoms with E-state index >= 15 is 0 Å². The molecule has 0 aliphatic carbocycles. The van der Waals surface area contributed by atoms with Crippen molar-refractivity contribution in [1.82, 2.24) is 4.98 Å². The van der Waals surface area contributed by atoms with E-state index in [1.807, 2.05) is 36.4 Å². The van der Waals surface area contributed by atoms with Crippen LogP contribution in [0.4, 0.5) is 0 Å². The van der Waals surface area contributed by atoms with Crippen LogP contribution in [0, 0.1) is 0 Å². The predicted octanol–water partition coefficient (Wildman–Crippen LogP) is 5.76. The highest BCUT2D eigenvalue weighted by molar-refractivity contribution is 6.33. The number of aromatic nitrogens is 1. The summed E-state index contributed by atoms with van der Waals surface area (Å²) in [6.45, 7) is 0. The molecule has 0 aliphatic heterocycles. The smallest absolute Gasteiger partial charge is 0.308 e. The van der Waals surface area contributed by atoms with Crippen molar-refractivity contribution in [3.05, 3.63) is 77.3 Å². The van der Waals surface area contributed by atoms with E-state index in [0.29, 0.717) is 33.2 Å². The fraction of sp³-hybridized carbons (Fsp3) is 0.0476. The third-order valence-electron chi connectivity index (χ3n) is 3.99. The molecule has 134 valence electrons. The maximum absolute atomic E-state index is 11.3. The van der Waals surface area contributed by atoms with Gasteiger partial charge in [-0.05, 0) is 42.5 Å². The first-order chi connectivity index (χ1) is 13.1. The molecule has 0 radical (unpaired) electrons. The lowest BCUT2D eigenvalue weighted by Gasteiger charge is -2.00. The van der Waals surface area contributed by atoms with Gasteiger partial charge in [0.2, 0.25) is 5.89 Å². The average Bonchev–Trinajstić information content (AvgIpc) is 3.28. The van der Waals surface area contributed by atoms with Gasteiger partial charge in [-0.2, -0.15) is 0 Å². The molecular formula is C21H14ClNO4. The highest BCUT2D eigenvalue weighted by atomic mass is 35.5. The number of oxazole rings is 1. The van der Waals surface area contributed by atoms with E-state index in [0.717, 1.165) is 5.56 Å². The first kappa shape index (κ1) is 17.1. The number of hydrogen-bond donors (Lipinski definition) is 1. The van der Waals surface area contributed by atoms with E-state index in [4.69, 9.17) is 20.4 Å². The SMILES string of the molecule is O=C(O)CC(=Cc1ccc(-c2ccccc2Cl)o1)c1nc2ccccc2o1. The second kappa shape index (κ2) is 7.13. The molecule has 1 N–H and O–H groups in total. The first-order valence-electron chi connectivity index (χ1n) is 8.23. The van der Waals surface area contributed by atoms with Gasteiger partial charge >= 0.3 is 5.97 Å². The highest BCUT2D eigenvalue weighted by Crippen LogP contribution is 2.31. The summed E-state index contributed by atoms with van der Waals surface area (Å²) in [6.07, 6.45) is 1.38. The lowest BCUT2D eigenvalue weighted by atomic mass is 10.1. The van der Waals surface area contributed by atoms with Crippen LogP contribution < -0.4 is 0 Å². The Kier molecular flexibility index (Phi) is 4.52. The van der Waals surface area contributed by atoms with Gasteiger partial charge in [0.05, 0.1) is 11.4 Å². The van der Waals surface area contributed by atoms with E-state index < -0.39 is 5.97 Å². The minimum atomic E-state index is -0.985. The van der Waals surface area contributed by atoms with Crippen LogP contribution in [-0.2, 0) is 4.79 Å². The molecule has 4 rings (SSSR count). The van der Waals surface area contributed by atoms with Gasteiger partial charge in [-0.25, -0.2) is 4.98 Å². The summed E-state index contributed by atoms with van der Waals surface area (Å²) >= 11 is 6.21. The molecule has 5 nitrogen and oxygen atoms in total. The number of halogens is 1. The zero-order chi connectivity index (χ0) is 18.8. The largest absolute Gasteiger partial charge is 0.481 e. The number of hydrogen-bond acceptors (Lipinski definition) is 4. The van der Waals surface area contributed by atoms with Crippen molar-refractivity contribution in [1.29, 1.82) is 0 Å². The van der Waals surface area contributed by atoms with Crippen LogP contribution in [0.1, 0.15) is 18.1 Å². The lowest BCUT2D eigenvalue weighted by Crippen LogP contribution is -1.97. The van der Waals surface area contributed by atoms with Gasteiger partial charge in [0, 0.05) is 11.1 Å². The minimum absolute atomic E-state index is 0.241. The van der Waals surface area contributed by atoms with Crippen molar-refractivity contribution in [2.24, 2.45) is 0 Å². The summed E-state index contributed by atoms with van der Waals surface area (Å²) in [7, 11) is 0. The topological polar surface area (TPSA) is 76.5 Å². The number of fused-ring (bicyclic) bond motifs is 1. The van der Waals surface area contributed by atoms with E-state index in [1.54, 1.807) is 30.3 Å². The maximum Gasteiger partial charge on any atom is 0.308 e. The third kappa shape index (κ3) is 3.64. The molecule has 0 fully saturated rings. The monoisotopic (exact) mass is 379 g/mol. The first-order valence-corrected chi connectivity index (χ1v) is 8.61. The van der Waals surface area contributed by atoms with Crippen LogP contribution in [-0.4, -0.2) is 16.1 Å². The van der Waals surface area contributed by atoms with Crippen LogP contribution >= 0.6 is 11.6 Å². The van der Waals surface area contributed by atoms with Crippen LogP contribution in [0.5, 0.6) is 0 Å². The quantitative estimate of drug-likeness (QED) is 0.477. The minimum Gasteiger partial charge on any atom is -0.481 e. The molecule has 0 spiro atoms. The average molecular weight is 380 g/mol. The molecule has 0 saturated carbocycles. The number of carboxylic acids is 1. The number of rotatable bonds is 5. The number of furan rings is 1. The van der Waals surface area contributed by atoms with Gasteiger partial charge in [0.1, 0.15) is 17.0 Å². The molecule has 6 heteroatoms. The Balaban J connectivity index is 1.73. The van der Waals surface area contributed by atoms with Crippen molar-refractivity contribution in [3.63, 3.8) is 0 Å². The molecule has 0 unspecified atom stereocenters. The van der Waals surface area contributed by atoms with E-state index in [2.05, 4.69) is 4.98 Å². The van der Waals surface area contributed by atoms with Gasteiger partial charge in [0.25, 0.3) is 0 Å². The lowest BCUT2D eigenvalue weighted by molar-refractivity contribution is -0.135. The second-order valence-corrected chi connectivity index (χ2v) is 6.32. The zero-order valence-corrected chi connectivity index (χ0v) is 14.8. The number of carbonyl (C=O) groups is 1. The number of aliphatic carboxylic acids is 1. The van der Waals surface area contributed by atoms with Gasteiger partial charge in [-0.15, -0.1) is 0 Å². The summed E-state index contributed by atoms with van der Waals surface area (Å²) in [5.74, 6) is 0.359. The van der Waals surface area contributed by atoms with Crippen LogP contribution in [0.25, 0.3) is 34.1 Å². The van der Waals surface area contributed by atoms with Crippen molar-refractivity contribution in [3.8, 4) is 11.3 Å². The summed E-state index contributed by atoms with van der Waals surface area (Å²) in [5.41, 5.74) is 2.44. The molecule has 2 aromatic heterocycles. The standard InChI is InChI=1S/C21H14ClNO4/c22-16-6-2-1-5-15(16)18-10-9-14(26-18)11-13(12-20(24)25)21-23-17-7-3-4-8-19(17)27-21/h1-11H,12H2,(H,24,25). The number of nitrogens with zero attached hydrogens (tertiary/aromatic N) is 1. The Morgan fingerprint density at radius 3 is 2.59 bits per heavy atom. The molecule has 2 heterocycles. The summed E-state index contributed by atoms with van der Waals surface area (Å²) in [6, 6.07) is 18.2. The van der Waals surface area contributed by atoms with Crippen molar-refractivity contribution in [2.75, 3.05) is 0 Å². The van der Waals surface area contributed by atoms with Crippen molar-refractivity contribution < 1.29 is 18.7 Å². The van der Waals surface area contributed by atoms with Crippen molar-refractivity contribution >= 4 is 40.3 Å².